The Morgan fingerprint density at radius 2 is 1.72 bits per heavy atom. The fraction of sp³-hybridized carbons (Fsp3) is 0.600. The Hall–Kier alpha value is -2.48. The van der Waals surface area contributed by atoms with E-state index in [4.69, 9.17) is 20.7 Å². The van der Waals surface area contributed by atoms with Gasteiger partial charge in [0.25, 0.3) is 5.54 Å². The molecule has 2 unspecified atom stereocenters. The molecule has 0 heterocycles. The molecule has 96 valence electrons. The zero-order valence-corrected chi connectivity index (χ0v) is 9.91. The summed E-state index contributed by atoms with van der Waals surface area (Å²) in [5.41, 5.74) is -3.55. The van der Waals surface area contributed by atoms with Gasteiger partial charge in [0.05, 0.1) is 6.07 Å². The number of carboxylic acid groups (broad SMARTS) is 2. The number of hydrogen-bond donors (Lipinski definition) is 2. The van der Waals surface area contributed by atoms with Gasteiger partial charge in [0.15, 0.2) is 5.54 Å². The molecule has 0 fully saturated rings. The van der Waals surface area contributed by atoms with Gasteiger partial charge in [0.2, 0.25) is 0 Å². The first-order chi connectivity index (χ1) is 8.19. The zero-order valence-electron chi connectivity index (χ0n) is 9.91. The van der Waals surface area contributed by atoms with Crippen molar-refractivity contribution in [1.29, 1.82) is 10.5 Å². The van der Waals surface area contributed by atoms with Crippen LogP contribution in [0.1, 0.15) is 26.7 Å². The van der Waals surface area contributed by atoms with E-state index in [0.29, 0.717) is 0 Å². The second-order valence-electron chi connectivity index (χ2n) is 3.97. The van der Waals surface area contributed by atoms with Gasteiger partial charge < -0.3 is 10.2 Å². The lowest BCUT2D eigenvalue weighted by atomic mass is 9.99. The molecule has 2 N–H and O–H groups in total. The second kappa shape index (κ2) is 5.73. The lowest BCUT2D eigenvalue weighted by molar-refractivity contribution is -0.141. The van der Waals surface area contributed by atoms with Crippen molar-refractivity contribution in [3.8, 4) is 12.1 Å². The number of aliphatic carboxylic acids is 2. The molecule has 0 aromatic heterocycles. The molecule has 0 saturated carbocycles. The van der Waals surface area contributed by atoms with Gasteiger partial charge in [-0.2, -0.15) is 20.8 Å². The number of nitriles is 2. The Kier molecular flexibility index (Phi) is 4.94. The molecule has 0 aromatic rings. The highest BCUT2D eigenvalue weighted by atomic mass is 16.4. The minimum atomic E-state index is -2.08. The summed E-state index contributed by atoms with van der Waals surface area (Å²) in [5.74, 6) is -2.60. The summed E-state index contributed by atoms with van der Waals surface area (Å²) in [4.78, 5) is 21.2. The summed E-state index contributed by atoms with van der Waals surface area (Å²) in [6.45, 7) is 2.35. The molecule has 0 aliphatic heterocycles. The van der Waals surface area contributed by atoms with Crippen molar-refractivity contribution in [2.75, 3.05) is 0 Å². The summed E-state index contributed by atoms with van der Waals surface area (Å²) in [6.07, 6.45) is -0.428. The summed E-state index contributed by atoms with van der Waals surface area (Å²) in [7, 11) is 0. The third-order valence-electron chi connectivity index (χ3n) is 2.17. The Bertz CT molecular complexity index is 461. The molecule has 0 saturated heterocycles. The number of carboxylic acids is 2. The van der Waals surface area contributed by atoms with Crippen LogP contribution in [-0.4, -0.2) is 33.2 Å². The maximum absolute atomic E-state index is 10.8. The molecule has 0 bridgehead atoms. The molecule has 0 aliphatic rings. The van der Waals surface area contributed by atoms with Gasteiger partial charge >= 0.3 is 11.9 Å². The topological polar surface area (TPSA) is 147 Å². The Labute approximate surface area is 103 Å². The molecule has 18 heavy (non-hydrogen) atoms. The fourth-order valence-electron chi connectivity index (χ4n) is 0.802. The highest BCUT2D eigenvalue weighted by Gasteiger charge is 2.35. The Balaban J connectivity index is 5.04. The van der Waals surface area contributed by atoms with Crippen LogP contribution in [0.2, 0.25) is 0 Å². The van der Waals surface area contributed by atoms with Gasteiger partial charge in [-0.05, 0) is 20.3 Å². The van der Waals surface area contributed by atoms with Gasteiger partial charge in [0.1, 0.15) is 6.07 Å². The van der Waals surface area contributed by atoms with Crippen LogP contribution in [0, 0.1) is 22.7 Å². The summed E-state index contributed by atoms with van der Waals surface area (Å²) >= 11 is 0. The number of nitrogens with zero attached hydrogens (tertiary/aromatic N) is 4. The lowest BCUT2D eigenvalue weighted by Crippen LogP contribution is -2.32. The van der Waals surface area contributed by atoms with E-state index in [2.05, 4.69) is 10.2 Å². The SMILES string of the molecule is CC(C#N)(CCC(=O)O)N=NC(C)(C#N)C(=O)O. The van der Waals surface area contributed by atoms with Gasteiger partial charge in [-0.3, -0.25) is 4.79 Å². The van der Waals surface area contributed by atoms with Gasteiger partial charge in [-0.25, -0.2) is 4.79 Å². The predicted octanol–water partition coefficient (Wildman–Crippen LogP) is 0.953. The van der Waals surface area contributed by atoms with Crippen LogP contribution in [0.25, 0.3) is 0 Å². The van der Waals surface area contributed by atoms with Crippen molar-refractivity contribution >= 4 is 11.9 Å². The smallest absolute Gasteiger partial charge is 0.348 e. The summed E-state index contributed by atoms with van der Waals surface area (Å²) < 4.78 is 0. The van der Waals surface area contributed by atoms with Crippen molar-refractivity contribution < 1.29 is 19.8 Å². The third-order valence-corrected chi connectivity index (χ3v) is 2.17. The van der Waals surface area contributed by atoms with E-state index in [9.17, 15) is 9.59 Å². The summed E-state index contributed by atoms with van der Waals surface area (Å²) in [5, 5.41) is 41.7. The molecule has 0 aliphatic carbocycles. The van der Waals surface area contributed by atoms with Crippen molar-refractivity contribution in [3.05, 3.63) is 0 Å². The normalized spacial score (nSPS) is 17.1. The predicted molar refractivity (Wildman–Crippen MR) is 57.4 cm³/mol. The van der Waals surface area contributed by atoms with Crippen molar-refractivity contribution in [3.63, 3.8) is 0 Å². The van der Waals surface area contributed by atoms with Crippen molar-refractivity contribution in [2.45, 2.75) is 37.8 Å². The Morgan fingerprint density at radius 3 is 2.06 bits per heavy atom. The van der Waals surface area contributed by atoms with Crippen LogP contribution in [0.4, 0.5) is 0 Å². The average Bonchev–Trinajstić information content (AvgIpc) is 2.33. The monoisotopic (exact) mass is 252 g/mol. The number of azo groups is 1. The van der Waals surface area contributed by atoms with Crippen LogP contribution in [0.15, 0.2) is 10.2 Å². The van der Waals surface area contributed by atoms with Crippen molar-refractivity contribution in [1.82, 2.24) is 0 Å². The van der Waals surface area contributed by atoms with Gasteiger partial charge in [0, 0.05) is 6.42 Å². The summed E-state index contributed by atoms with van der Waals surface area (Å²) in [6, 6.07) is 3.20. The standard InChI is InChI=1S/C10H12N4O4/c1-9(5-11,4-3-7(15)16)13-14-10(2,6-12)8(17)18/h3-4H2,1-2H3,(H,15,16)(H,17,18). The first-order valence-electron chi connectivity index (χ1n) is 4.91. The van der Waals surface area contributed by atoms with Crippen LogP contribution in [-0.2, 0) is 9.59 Å². The van der Waals surface area contributed by atoms with Crippen molar-refractivity contribution in [2.24, 2.45) is 10.2 Å². The zero-order chi connectivity index (χ0) is 14.4. The van der Waals surface area contributed by atoms with E-state index in [-0.39, 0.29) is 12.8 Å². The quantitative estimate of drug-likeness (QED) is 0.672. The highest BCUT2D eigenvalue weighted by molar-refractivity contribution is 5.81. The number of hydrogen-bond acceptors (Lipinski definition) is 6. The molecule has 8 nitrogen and oxygen atoms in total. The third kappa shape index (κ3) is 4.18. The lowest BCUT2D eigenvalue weighted by Gasteiger charge is -2.16. The van der Waals surface area contributed by atoms with Gasteiger partial charge in [-0.15, -0.1) is 0 Å². The fourth-order valence-corrected chi connectivity index (χ4v) is 0.802. The minimum absolute atomic E-state index is 0.122. The van der Waals surface area contributed by atoms with E-state index >= 15 is 0 Å². The van der Waals surface area contributed by atoms with Crippen LogP contribution >= 0.6 is 0 Å². The number of carbonyl (C=O) groups is 2. The Morgan fingerprint density at radius 1 is 1.17 bits per heavy atom. The molecule has 0 rings (SSSR count). The first-order valence-corrected chi connectivity index (χ1v) is 4.91. The average molecular weight is 252 g/mol. The molecular formula is C10H12N4O4. The first kappa shape index (κ1) is 15.5. The second-order valence-corrected chi connectivity index (χ2v) is 3.97. The molecule has 0 aromatic carbocycles. The van der Waals surface area contributed by atoms with Gasteiger partial charge in [-0.1, -0.05) is 0 Å². The molecule has 8 heteroatoms. The molecule has 0 amide bonds. The minimum Gasteiger partial charge on any atom is -0.481 e. The molecule has 2 atom stereocenters. The van der Waals surface area contributed by atoms with Crippen LogP contribution < -0.4 is 0 Å². The molecule has 0 spiro atoms. The largest absolute Gasteiger partial charge is 0.481 e. The van der Waals surface area contributed by atoms with E-state index in [0.717, 1.165) is 6.92 Å². The van der Waals surface area contributed by atoms with E-state index in [1.165, 1.54) is 13.0 Å². The number of rotatable bonds is 6. The van der Waals surface area contributed by atoms with Crippen LogP contribution in [0.5, 0.6) is 0 Å². The highest BCUT2D eigenvalue weighted by Crippen LogP contribution is 2.20. The van der Waals surface area contributed by atoms with E-state index < -0.39 is 23.0 Å². The van der Waals surface area contributed by atoms with Crippen LogP contribution in [0.3, 0.4) is 0 Å². The molecule has 0 radical (unpaired) electrons. The van der Waals surface area contributed by atoms with E-state index in [1.54, 1.807) is 6.07 Å². The molecular weight excluding hydrogens is 240 g/mol. The van der Waals surface area contributed by atoms with E-state index in [1.807, 2.05) is 0 Å². The maximum Gasteiger partial charge on any atom is 0.348 e. The maximum atomic E-state index is 10.8.